The first-order valence-corrected chi connectivity index (χ1v) is 6.26. The lowest BCUT2D eigenvalue weighted by Gasteiger charge is -2.23. The molecule has 1 rings (SSSR count). The summed E-state index contributed by atoms with van der Waals surface area (Å²) in [5.74, 6) is 0. The summed E-state index contributed by atoms with van der Waals surface area (Å²) in [5.41, 5.74) is 2.92. The Hall–Kier alpha value is -1.58. The molecule has 0 aliphatic heterocycles. The van der Waals surface area contributed by atoms with Crippen LogP contribution in [0.3, 0.4) is 0 Å². The Kier molecular flexibility index (Phi) is 4.33. The van der Waals surface area contributed by atoms with Crippen molar-refractivity contribution in [1.29, 1.82) is 0 Å². The lowest BCUT2D eigenvalue weighted by molar-refractivity contribution is -0.384. The molecule has 0 saturated carbocycles. The molecule has 1 aromatic carbocycles. The average molecular weight is 250 g/mol. The van der Waals surface area contributed by atoms with Crippen molar-refractivity contribution in [3.63, 3.8) is 0 Å². The smallest absolute Gasteiger partial charge is 0.292 e. The standard InChI is InChI=1S/C14H22N2O2/c1-6-14(4,5)9-15-12-7-10(2)11(3)8-13(12)16(17)18/h7-8,15H,6,9H2,1-5H3. The lowest BCUT2D eigenvalue weighted by Crippen LogP contribution is -2.22. The van der Waals surface area contributed by atoms with Crippen LogP contribution in [0, 0.1) is 29.4 Å². The van der Waals surface area contributed by atoms with E-state index in [0.717, 1.165) is 24.1 Å². The van der Waals surface area contributed by atoms with Crippen molar-refractivity contribution < 1.29 is 4.92 Å². The van der Waals surface area contributed by atoms with Gasteiger partial charge >= 0.3 is 0 Å². The normalized spacial score (nSPS) is 11.4. The number of anilines is 1. The van der Waals surface area contributed by atoms with Crippen molar-refractivity contribution in [3.8, 4) is 0 Å². The van der Waals surface area contributed by atoms with E-state index in [4.69, 9.17) is 0 Å². The maximum atomic E-state index is 11.0. The van der Waals surface area contributed by atoms with Gasteiger partial charge in [-0.1, -0.05) is 20.8 Å². The quantitative estimate of drug-likeness (QED) is 0.633. The zero-order chi connectivity index (χ0) is 13.9. The number of nitro benzene ring substituents is 1. The predicted molar refractivity (Wildman–Crippen MR) is 75.1 cm³/mol. The molecular formula is C14H22N2O2. The third-order valence-corrected chi connectivity index (χ3v) is 3.52. The molecule has 4 heteroatoms. The average Bonchev–Trinajstić information content (AvgIpc) is 2.30. The Balaban J connectivity index is 3.01. The number of nitrogens with zero attached hydrogens (tertiary/aromatic N) is 1. The van der Waals surface area contributed by atoms with Crippen molar-refractivity contribution in [2.45, 2.75) is 41.0 Å². The number of nitro groups is 1. The van der Waals surface area contributed by atoms with Gasteiger partial charge in [0.25, 0.3) is 5.69 Å². The van der Waals surface area contributed by atoms with Crippen LogP contribution in [0.1, 0.15) is 38.3 Å². The van der Waals surface area contributed by atoms with Crippen LogP contribution in [0.15, 0.2) is 12.1 Å². The first kappa shape index (κ1) is 14.5. The fourth-order valence-electron chi connectivity index (χ4n) is 1.55. The predicted octanol–water partition coefficient (Wildman–Crippen LogP) is 4.06. The number of hydrogen-bond acceptors (Lipinski definition) is 3. The molecular weight excluding hydrogens is 228 g/mol. The van der Waals surface area contributed by atoms with Gasteiger partial charge in [-0.3, -0.25) is 10.1 Å². The Labute approximate surface area is 109 Å². The topological polar surface area (TPSA) is 55.2 Å². The maximum absolute atomic E-state index is 11.0. The number of benzene rings is 1. The van der Waals surface area contributed by atoms with Crippen LogP contribution < -0.4 is 5.32 Å². The third kappa shape index (κ3) is 3.45. The minimum Gasteiger partial charge on any atom is -0.379 e. The van der Waals surface area contributed by atoms with E-state index in [2.05, 4.69) is 26.1 Å². The van der Waals surface area contributed by atoms with Gasteiger partial charge in [0, 0.05) is 12.6 Å². The van der Waals surface area contributed by atoms with E-state index in [-0.39, 0.29) is 16.0 Å². The van der Waals surface area contributed by atoms with E-state index in [9.17, 15) is 10.1 Å². The fourth-order valence-corrected chi connectivity index (χ4v) is 1.55. The summed E-state index contributed by atoms with van der Waals surface area (Å²) in [6.45, 7) is 11.0. The van der Waals surface area contributed by atoms with Crippen LogP contribution in [0.25, 0.3) is 0 Å². The van der Waals surface area contributed by atoms with Crippen molar-refractivity contribution in [2.75, 3.05) is 11.9 Å². The summed E-state index contributed by atoms with van der Waals surface area (Å²) in [5, 5.41) is 14.3. The highest BCUT2D eigenvalue weighted by Crippen LogP contribution is 2.29. The first-order valence-electron chi connectivity index (χ1n) is 6.26. The van der Waals surface area contributed by atoms with Crippen molar-refractivity contribution in [2.24, 2.45) is 5.41 Å². The summed E-state index contributed by atoms with van der Waals surface area (Å²) >= 11 is 0. The second kappa shape index (κ2) is 5.38. The van der Waals surface area contributed by atoms with Crippen molar-refractivity contribution >= 4 is 11.4 Å². The minimum atomic E-state index is -0.326. The molecule has 0 heterocycles. The van der Waals surface area contributed by atoms with E-state index in [1.807, 2.05) is 19.9 Å². The molecule has 0 radical (unpaired) electrons. The summed E-state index contributed by atoms with van der Waals surface area (Å²) in [7, 11) is 0. The summed E-state index contributed by atoms with van der Waals surface area (Å²) in [6, 6.07) is 3.50. The van der Waals surface area contributed by atoms with Gasteiger partial charge in [-0.05, 0) is 42.9 Å². The van der Waals surface area contributed by atoms with Crippen molar-refractivity contribution in [3.05, 3.63) is 33.4 Å². The Morgan fingerprint density at radius 3 is 2.33 bits per heavy atom. The molecule has 18 heavy (non-hydrogen) atoms. The monoisotopic (exact) mass is 250 g/mol. The Morgan fingerprint density at radius 2 is 1.83 bits per heavy atom. The molecule has 0 spiro atoms. The molecule has 1 aromatic rings. The molecule has 100 valence electrons. The lowest BCUT2D eigenvalue weighted by atomic mass is 9.90. The third-order valence-electron chi connectivity index (χ3n) is 3.52. The van der Waals surface area contributed by atoms with Crippen LogP contribution in [0.5, 0.6) is 0 Å². The molecule has 0 unspecified atom stereocenters. The number of rotatable bonds is 5. The van der Waals surface area contributed by atoms with Gasteiger partial charge in [0.2, 0.25) is 0 Å². The zero-order valence-corrected chi connectivity index (χ0v) is 11.8. The minimum absolute atomic E-state index is 0.132. The molecule has 4 nitrogen and oxygen atoms in total. The second-order valence-electron chi connectivity index (χ2n) is 5.58. The molecule has 0 aromatic heterocycles. The molecule has 1 N–H and O–H groups in total. The zero-order valence-electron chi connectivity index (χ0n) is 11.8. The van der Waals surface area contributed by atoms with Gasteiger partial charge in [-0.25, -0.2) is 0 Å². The van der Waals surface area contributed by atoms with E-state index < -0.39 is 0 Å². The van der Waals surface area contributed by atoms with Gasteiger partial charge in [0.15, 0.2) is 0 Å². The van der Waals surface area contributed by atoms with Gasteiger partial charge in [0.05, 0.1) is 4.92 Å². The van der Waals surface area contributed by atoms with E-state index in [0.29, 0.717) is 5.69 Å². The van der Waals surface area contributed by atoms with Crippen LogP contribution in [0.4, 0.5) is 11.4 Å². The summed E-state index contributed by atoms with van der Waals surface area (Å²) in [6.07, 6.45) is 1.03. The van der Waals surface area contributed by atoms with E-state index >= 15 is 0 Å². The van der Waals surface area contributed by atoms with Crippen molar-refractivity contribution in [1.82, 2.24) is 0 Å². The molecule has 0 amide bonds. The highest BCUT2D eigenvalue weighted by atomic mass is 16.6. The molecule has 0 saturated heterocycles. The number of hydrogen-bond donors (Lipinski definition) is 1. The largest absolute Gasteiger partial charge is 0.379 e. The van der Waals surface area contributed by atoms with Crippen LogP contribution in [0.2, 0.25) is 0 Å². The molecule has 0 bridgehead atoms. The van der Waals surface area contributed by atoms with Gasteiger partial charge in [-0.15, -0.1) is 0 Å². The molecule has 0 atom stereocenters. The van der Waals surface area contributed by atoms with Crippen LogP contribution in [-0.2, 0) is 0 Å². The van der Waals surface area contributed by atoms with E-state index in [1.165, 1.54) is 0 Å². The van der Waals surface area contributed by atoms with Gasteiger partial charge in [-0.2, -0.15) is 0 Å². The summed E-state index contributed by atoms with van der Waals surface area (Å²) < 4.78 is 0. The molecule has 0 aliphatic carbocycles. The van der Waals surface area contributed by atoms with Gasteiger partial charge in [0.1, 0.15) is 5.69 Å². The molecule has 0 aliphatic rings. The van der Waals surface area contributed by atoms with Crippen LogP contribution in [-0.4, -0.2) is 11.5 Å². The summed E-state index contributed by atoms with van der Waals surface area (Å²) in [4.78, 5) is 10.7. The number of nitrogens with one attached hydrogen (secondary N) is 1. The number of aryl methyl sites for hydroxylation is 2. The van der Waals surface area contributed by atoms with Gasteiger partial charge < -0.3 is 5.32 Å². The second-order valence-corrected chi connectivity index (χ2v) is 5.58. The molecule has 0 fully saturated rings. The Morgan fingerprint density at radius 1 is 1.28 bits per heavy atom. The maximum Gasteiger partial charge on any atom is 0.292 e. The highest BCUT2D eigenvalue weighted by molar-refractivity contribution is 5.64. The fraction of sp³-hybridized carbons (Fsp3) is 0.571. The van der Waals surface area contributed by atoms with Crippen LogP contribution >= 0.6 is 0 Å². The SMILES string of the molecule is CCC(C)(C)CNc1cc(C)c(C)cc1[N+](=O)[O-]. The Bertz CT molecular complexity index is 453. The first-order chi connectivity index (χ1) is 8.26. The highest BCUT2D eigenvalue weighted by Gasteiger charge is 2.19. The van der Waals surface area contributed by atoms with E-state index in [1.54, 1.807) is 6.07 Å².